The minimum atomic E-state index is -0.386. The summed E-state index contributed by atoms with van der Waals surface area (Å²) in [6.45, 7) is -0.168. The first kappa shape index (κ1) is 18.7. The van der Waals surface area contributed by atoms with Gasteiger partial charge in [0.05, 0.1) is 22.9 Å². The Kier molecular flexibility index (Phi) is 5.27. The van der Waals surface area contributed by atoms with Gasteiger partial charge in [-0.05, 0) is 42.5 Å². The largest absolute Gasteiger partial charge is 0.455 e. The number of para-hydroxylation sites is 3. The van der Waals surface area contributed by atoms with Gasteiger partial charge in [-0.3, -0.25) is 14.2 Å². The molecule has 0 spiro atoms. The number of nitrogens with one attached hydrogen (secondary N) is 1. The minimum Gasteiger partial charge on any atom is -0.455 e. The van der Waals surface area contributed by atoms with E-state index in [9.17, 15) is 9.59 Å². The number of fused-ring (bicyclic) bond motifs is 1. The first-order chi connectivity index (χ1) is 14.1. The Hall–Kier alpha value is -3.64. The van der Waals surface area contributed by atoms with E-state index < -0.39 is 0 Å². The summed E-state index contributed by atoms with van der Waals surface area (Å²) in [7, 11) is 0. The lowest BCUT2D eigenvalue weighted by atomic mass is 10.2. The lowest BCUT2D eigenvalue weighted by molar-refractivity contribution is -0.116. The van der Waals surface area contributed by atoms with Crippen LogP contribution in [0.15, 0.2) is 83.8 Å². The van der Waals surface area contributed by atoms with Crippen molar-refractivity contribution in [3.05, 3.63) is 94.4 Å². The van der Waals surface area contributed by atoms with Crippen molar-refractivity contribution in [1.82, 2.24) is 9.55 Å². The molecule has 0 aliphatic heterocycles. The number of aromatic nitrogens is 2. The van der Waals surface area contributed by atoms with E-state index in [1.165, 1.54) is 10.8 Å². The summed E-state index contributed by atoms with van der Waals surface area (Å²) in [5.41, 5.74) is 1.28. The maximum absolute atomic E-state index is 12.7. The van der Waals surface area contributed by atoms with Crippen LogP contribution in [0.2, 0.25) is 5.02 Å². The van der Waals surface area contributed by atoms with E-state index in [1.807, 2.05) is 36.4 Å². The van der Waals surface area contributed by atoms with Gasteiger partial charge in [0.25, 0.3) is 5.56 Å². The number of benzene rings is 3. The average molecular weight is 406 g/mol. The Morgan fingerprint density at radius 1 is 1.03 bits per heavy atom. The van der Waals surface area contributed by atoms with Crippen LogP contribution in [-0.2, 0) is 11.3 Å². The van der Waals surface area contributed by atoms with E-state index in [2.05, 4.69) is 10.3 Å². The molecule has 3 aromatic carbocycles. The molecule has 0 saturated carbocycles. The summed E-state index contributed by atoms with van der Waals surface area (Å²) in [4.78, 5) is 29.1. The van der Waals surface area contributed by atoms with Gasteiger partial charge in [0.15, 0.2) is 5.75 Å². The molecule has 0 aliphatic rings. The van der Waals surface area contributed by atoms with Gasteiger partial charge in [-0.25, -0.2) is 4.98 Å². The van der Waals surface area contributed by atoms with E-state index in [1.54, 1.807) is 36.4 Å². The second kappa shape index (κ2) is 8.16. The minimum absolute atomic E-state index is 0.168. The number of hydrogen-bond acceptors (Lipinski definition) is 4. The van der Waals surface area contributed by atoms with Crippen LogP contribution >= 0.6 is 11.6 Å². The van der Waals surface area contributed by atoms with Crippen molar-refractivity contribution in [1.29, 1.82) is 0 Å². The van der Waals surface area contributed by atoms with E-state index in [-0.39, 0.29) is 18.0 Å². The molecule has 1 N–H and O–H groups in total. The third kappa shape index (κ3) is 4.28. The van der Waals surface area contributed by atoms with Gasteiger partial charge < -0.3 is 10.1 Å². The Morgan fingerprint density at radius 3 is 2.62 bits per heavy atom. The quantitative estimate of drug-likeness (QED) is 0.531. The third-order valence-electron chi connectivity index (χ3n) is 4.24. The molecule has 1 aromatic heterocycles. The standard InChI is InChI=1S/C22H16ClN3O3/c23-15-10-11-20(29-16-6-2-1-3-7-16)18(12-15)25-21(27)14-26-19-9-5-4-8-17(19)24-13-22(26)28/h1-13H,14H2,(H,25,27). The highest BCUT2D eigenvalue weighted by molar-refractivity contribution is 6.31. The molecular formula is C22H16ClN3O3. The fraction of sp³-hybridized carbons (Fsp3) is 0.0455. The zero-order chi connectivity index (χ0) is 20.2. The third-order valence-corrected chi connectivity index (χ3v) is 4.48. The zero-order valence-electron chi connectivity index (χ0n) is 15.2. The highest BCUT2D eigenvalue weighted by atomic mass is 35.5. The second-order valence-corrected chi connectivity index (χ2v) is 6.71. The summed E-state index contributed by atoms with van der Waals surface area (Å²) in [5.74, 6) is 0.686. The zero-order valence-corrected chi connectivity index (χ0v) is 16.0. The molecule has 4 rings (SSSR count). The number of hydrogen-bond donors (Lipinski definition) is 1. The lowest BCUT2D eigenvalue weighted by Crippen LogP contribution is -2.28. The summed E-state index contributed by atoms with van der Waals surface area (Å²) in [5, 5.41) is 3.23. The highest BCUT2D eigenvalue weighted by Crippen LogP contribution is 2.32. The van der Waals surface area contributed by atoms with Crippen LogP contribution in [0.1, 0.15) is 0 Å². The molecule has 0 saturated heterocycles. The van der Waals surface area contributed by atoms with E-state index in [0.717, 1.165) is 0 Å². The summed E-state index contributed by atoms with van der Waals surface area (Å²) in [6.07, 6.45) is 1.21. The first-order valence-electron chi connectivity index (χ1n) is 8.87. The van der Waals surface area contributed by atoms with Gasteiger partial charge in [-0.1, -0.05) is 41.9 Å². The Labute approximate surface area is 171 Å². The topological polar surface area (TPSA) is 73.2 Å². The number of carbonyl (C=O) groups is 1. The molecule has 0 fully saturated rings. The summed E-state index contributed by atoms with van der Waals surface area (Å²) < 4.78 is 7.23. The predicted octanol–water partition coefficient (Wildman–Crippen LogP) is 4.48. The predicted molar refractivity (Wildman–Crippen MR) is 113 cm³/mol. The summed E-state index contributed by atoms with van der Waals surface area (Å²) in [6, 6.07) is 21.3. The van der Waals surface area contributed by atoms with Crippen molar-refractivity contribution < 1.29 is 9.53 Å². The molecular weight excluding hydrogens is 390 g/mol. The fourth-order valence-corrected chi connectivity index (χ4v) is 3.09. The molecule has 4 aromatic rings. The Bertz CT molecular complexity index is 1240. The number of ether oxygens (including phenoxy) is 1. The maximum Gasteiger partial charge on any atom is 0.269 e. The smallest absolute Gasteiger partial charge is 0.269 e. The molecule has 6 nitrogen and oxygen atoms in total. The molecule has 0 aliphatic carbocycles. The van der Waals surface area contributed by atoms with E-state index in [0.29, 0.717) is 33.2 Å². The van der Waals surface area contributed by atoms with Gasteiger partial charge >= 0.3 is 0 Å². The van der Waals surface area contributed by atoms with Crippen molar-refractivity contribution in [2.24, 2.45) is 0 Å². The Balaban J connectivity index is 1.60. The van der Waals surface area contributed by atoms with Crippen molar-refractivity contribution in [2.45, 2.75) is 6.54 Å². The summed E-state index contributed by atoms with van der Waals surface area (Å²) >= 11 is 6.10. The van der Waals surface area contributed by atoms with Gasteiger partial charge in [-0.2, -0.15) is 0 Å². The number of carbonyl (C=O) groups excluding carboxylic acids is 1. The molecule has 1 heterocycles. The van der Waals surface area contributed by atoms with Gasteiger partial charge in [-0.15, -0.1) is 0 Å². The molecule has 0 unspecified atom stereocenters. The van der Waals surface area contributed by atoms with Crippen molar-refractivity contribution in [2.75, 3.05) is 5.32 Å². The highest BCUT2D eigenvalue weighted by Gasteiger charge is 2.13. The normalized spacial score (nSPS) is 10.7. The molecule has 7 heteroatoms. The van der Waals surface area contributed by atoms with Crippen molar-refractivity contribution in [3.8, 4) is 11.5 Å². The van der Waals surface area contributed by atoms with Crippen LogP contribution in [0.4, 0.5) is 5.69 Å². The van der Waals surface area contributed by atoms with Gasteiger partial charge in [0, 0.05) is 5.02 Å². The molecule has 144 valence electrons. The van der Waals surface area contributed by atoms with Crippen LogP contribution in [-0.4, -0.2) is 15.5 Å². The fourth-order valence-electron chi connectivity index (χ4n) is 2.92. The van der Waals surface area contributed by atoms with Crippen LogP contribution < -0.4 is 15.6 Å². The van der Waals surface area contributed by atoms with Crippen molar-refractivity contribution in [3.63, 3.8) is 0 Å². The van der Waals surface area contributed by atoms with Gasteiger partial charge in [0.1, 0.15) is 12.3 Å². The van der Waals surface area contributed by atoms with Crippen LogP contribution in [0.3, 0.4) is 0 Å². The number of anilines is 1. The Morgan fingerprint density at radius 2 is 1.79 bits per heavy atom. The van der Waals surface area contributed by atoms with E-state index >= 15 is 0 Å². The monoisotopic (exact) mass is 405 g/mol. The molecule has 0 radical (unpaired) electrons. The second-order valence-electron chi connectivity index (χ2n) is 6.28. The lowest BCUT2D eigenvalue weighted by Gasteiger charge is -2.14. The molecule has 29 heavy (non-hydrogen) atoms. The molecule has 0 bridgehead atoms. The molecule has 0 atom stereocenters. The van der Waals surface area contributed by atoms with Gasteiger partial charge in [0.2, 0.25) is 5.91 Å². The van der Waals surface area contributed by atoms with Crippen LogP contribution in [0, 0.1) is 0 Å². The number of nitrogens with zero attached hydrogens (tertiary/aromatic N) is 2. The number of halogens is 1. The molecule has 1 amide bonds. The van der Waals surface area contributed by atoms with E-state index in [4.69, 9.17) is 16.3 Å². The van der Waals surface area contributed by atoms with Crippen molar-refractivity contribution >= 4 is 34.2 Å². The average Bonchev–Trinajstić information content (AvgIpc) is 2.73. The van der Waals surface area contributed by atoms with Crippen LogP contribution in [0.25, 0.3) is 11.0 Å². The first-order valence-corrected chi connectivity index (χ1v) is 9.25. The number of amides is 1. The number of rotatable bonds is 5. The maximum atomic E-state index is 12.7. The SMILES string of the molecule is O=C(Cn1c(=O)cnc2ccccc21)Nc1cc(Cl)ccc1Oc1ccccc1. The van der Waals surface area contributed by atoms with Crippen LogP contribution in [0.5, 0.6) is 11.5 Å².